The highest BCUT2D eigenvalue weighted by Gasteiger charge is 2.42. The maximum absolute atomic E-state index is 13.3. The summed E-state index contributed by atoms with van der Waals surface area (Å²) >= 11 is 0. The summed E-state index contributed by atoms with van der Waals surface area (Å²) in [5.41, 5.74) is 0.198. The van der Waals surface area contributed by atoms with Crippen LogP contribution < -0.4 is 10.1 Å². The number of ether oxygens (including phenoxy) is 1. The number of benzene rings is 1. The van der Waals surface area contributed by atoms with Gasteiger partial charge < -0.3 is 15.0 Å². The van der Waals surface area contributed by atoms with Crippen molar-refractivity contribution in [2.24, 2.45) is 11.3 Å². The van der Waals surface area contributed by atoms with Crippen LogP contribution in [-0.4, -0.2) is 43.6 Å². The quantitative estimate of drug-likeness (QED) is 0.851. The van der Waals surface area contributed by atoms with Gasteiger partial charge in [-0.15, -0.1) is 12.4 Å². The third-order valence-electron chi connectivity index (χ3n) is 5.63. The molecule has 1 aromatic carbocycles. The monoisotopic (exact) mass is 381 g/mol. The van der Waals surface area contributed by atoms with Crippen molar-refractivity contribution in [1.82, 2.24) is 10.2 Å². The lowest BCUT2D eigenvalue weighted by molar-refractivity contribution is -0.128. The van der Waals surface area contributed by atoms with E-state index in [1.165, 1.54) is 18.2 Å². The number of hydrogen-bond donors (Lipinski definition) is 1. The zero-order valence-electron chi connectivity index (χ0n) is 15.0. The van der Waals surface area contributed by atoms with E-state index in [-0.39, 0.29) is 29.3 Å². The first-order chi connectivity index (χ1) is 12.0. The SMILES string of the molecule is CC1(C2CC(=O)N(CCOc3ccc(F)c(C#N)c3)C2)CCNCC1.Cl. The van der Waals surface area contributed by atoms with E-state index < -0.39 is 5.82 Å². The molecule has 0 aromatic heterocycles. The second kappa shape index (κ2) is 8.70. The Bertz CT molecular complexity index is 686. The summed E-state index contributed by atoms with van der Waals surface area (Å²) in [5.74, 6) is 0.484. The summed E-state index contributed by atoms with van der Waals surface area (Å²) in [7, 11) is 0. The van der Waals surface area contributed by atoms with Crippen LogP contribution in [0.4, 0.5) is 4.39 Å². The Labute approximate surface area is 159 Å². The first-order valence-electron chi connectivity index (χ1n) is 8.83. The fraction of sp³-hybridized carbons (Fsp3) is 0.579. The number of nitrogens with zero attached hydrogens (tertiary/aromatic N) is 2. The fourth-order valence-corrected chi connectivity index (χ4v) is 3.81. The van der Waals surface area contributed by atoms with Gasteiger partial charge in [-0.1, -0.05) is 6.92 Å². The van der Waals surface area contributed by atoms with Crippen LogP contribution in [0.2, 0.25) is 0 Å². The molecule has 0 saturated carbocycles. The number of carbonyl (C=O) groups excluding carboxylic acids is 1. The third-order valence-corrected chi connectivity index (χ3v) is 5.63. The minimum atomic E-state index is -0.553. The zero-order chi connectivity index (χ0) is 17.9. The predicted molar refractivity (Wildman–Crippen MR) is 98.8 cm³/mol. The molecule has 2 saturated heterocycles. The number of nitriles is 1. The Balaban J connectivity index is 0.00000243. The van der Waals surface area contributed by atoms with E-state index in [9.17, 15) is 9.18 Å². The summed E-state index contributed by atoms with van der Waals surface area (Å²) < 4.78 is 18.9. The minimum Gasteiger partial charge on any atom is -0.492 e. The molecule has 0 aliphatic carbocycles. The number of hydrogen-bond acceptors (Lipinski definition) is 4. The van der Waals surface area contributed by atoms with Crippen molar-refractivity contribution in [3.8, 4) is 11.8 Å². The molecule has 142 valence electrons. The molecule has 1 amide bonds. The summed E-state index contributed by atoms with van der Waals surface area (Å²) in [6.45, 7) is 5.99. The van der Waals surface area contributed by atoms with Crippen molar-refractivity contribution in [2.75, 3.05) is 32.8 Å². The first-order valence-corrected chi connectivity index (χ1v) is 8.83. The van der Waals surface area contributed by atoms with Gasteiger partial charge in [-0.05, 0) is 49.4 Å². The number of halogens is 2. The lowest BCUT2D eigenvalue weighted by Crippen LogP contribution is -2.41. The number of likely N-dealkylation sites (tertiary alicyclic amines) is 1. The van der Waals surface area contributed by atoms with Crippen LogP contribution in [0.5, 0.6) is 5.75 Å². The van der Waals surface area contributed by atoms with Crippen molar-refractivity contribution in [3.63, 3.8) is 0 Å². The van der Waals surface area contributed by atoms with Crippen LogP contribution in [0.15, 0.2) is 18.2 Å². The lowest BCUT2D eigenvalue weighted by atomic mass is 9.70. The maximum atomic E-state index is 13.3. The van der Waals surface area contributed by atoms with Gasteiger partial charge in [0.05, 0.1) is 12.1 Å². The molecule has 2 fully saturated rings. The molecule has 0 bridgehead atoms. The smallest absolute Gasteiger partial charge is 0.223 e. The Morgan fingerprint density at radius 1 is 1.42 bits per heavy atom. The van der Waals surface area contributed by atoms with Gasteiger partial charge in [-0.25, -0.2) is 4.39 Å². The molecule has 2 aliphatic heterocycles. The van der Waals surface area contributed by atoms with Gasteiger partial charge in [0, 0.05) is 19.0 Å². The van der Waals surface area contributed by atoms with Gasteiger partial charge >= 0.3 is 0 Å². The normalized spacial score (nSPS) is 21.8. The molecule has 26 heavy (non-hydrogen) atoms. The standard InChI is InChI=1S/C19H24FN3O2.ClH/c1-19(4-6-22-7-5-19)15-11-18(24)23(13-15)8-9-25-16-2-3-17(20)14(10-16)12-21;/h2-3,10,15,22H,4-9,11,13H2,1H3;1H. The summed E-state index contributed by atoms with van der Waals surface area (Å²) in [6.07, 6.45) is 2.84. The second-order valence-electron chi connectivity index (χ2n) is 7.25. The van der Waals surface area contributed by atoms with Gasteiger partial charge in [-0.2, -0.15) is 5.26 Å². The Kier molecular flexibility index (Phi) is 6.85. The molecule has 1 unspecified atom stereocenters. The highest BCUT2D eigenvalue weighted by Crippen LogP contribution is 2.41. The Morgan fingerprint density at radius 2 is 2.15 bits per heavy atom. The van der Waals surface area contributed by atoms with Crippen LogP contribution in [0.25, 0.3) is 0 Å². The summed E-state index contributed by atoms with van der Waals surface area (Å²) in [6, 6.07) is 5.91. The molecule has 1 aromatic rings. The van der Waals surface area contributed by atoms with Crippen LogP contribution in [0, 0.1) is 28.5 Å². The number of piperidine rings is 1. The van der Waals surface area contributed by atoms with Gasteiger partial charge in [0.15, 0.2) is 0 Å². The molecule has 5 nitrogen and oxygen atoms in total. The molecular formula is C19H25ClFN3O2. The van der Waals surface area contributed by atoms with E-state index >= 15 is 0 Å². The van der Waals surface area contributed by atoms with Crippen LogP contribution >= 0.6 is 12.4 Å². The van der Waals surface area contributed by atoms with Crippen molar-refractivity contribution < 1.29 is 13.9 Å². The highest BCUT2D eigenvalue weighted by atomic mass is 35.5. The fourth-order valence-electron chi connectivity index (χ4n) is 3.81. The number of carbonyl (C=O) groups is 1. The van der Waals surface area contributed by atoms with Gasteiger partial charge in [0.25, 0.3) is 0 Å². The van der Waals surface area contributed by atoms with Crippen LogP contribution in [0.1, 0.15) is 31.7 Å². The molecule has 7 heteroatoms. The molecule has 0 spiro atoms. The summed E-state index contributed by atoms with van der Waals surface area (Å²) in [5, 5.41) is 12.2. The van der Waals surface area contributed by atoms with Crippen LogP contribution in [0.3, 0.4) is 0 Å². The van der Waals surface area contributed by atoms with Crippen molar-refractivity contribution in [2.45, 2.75) is 26.2 Å². The largest absolute Gasteiger partial charge is 0.492 e. The molecule has 3 rings (SSSR count). The predicted octanol–water partition coefficient (Wildman–Crippen LogP) is 2.74. The van der Waals surface area contributed by atoms with E-state index in [2.05, 4.69) is 12.2 Å². The topological polar surface area (TPSA) is 65.4 Å². The van der Waals surface area contributed by atoms with Crippen molar-refractivity contribution in [1.29, 1.82) is 5.26 Å². The molecule has 2 heterocycles. The lowest BCUT2D eigenvalue weighted by Gasteiger charge is -2.39. The molecule has 0 radical (unpaired) electrons. The number of rotatable bonds is 5. The molecule has 1 atom stereocenters. The maximum Gasteiger partial charge on any atom is 0.223 e. The first kappa shape index (κ1) is 20.5. The van der Waals surface area contributed by atoms with E-state index in [4.69, 9.17) is 10.00 Å². The Hall–Kier alpha value is -1.84. The average Bonchev–Trinajstić information content (AvgIpc) is 2.99. The van der Waals surface area contributed by atoms with Gasteiger partial charge in [0.1, 0.15) is 24.2 Å². The van der Waals surface area contributed by atoms with E-state index in [1.807, 2.05) is 4.90 Å². The second-order valence-corrected chi connectivity index (χ2v) is 7.25. The van der Waals surface area contributed by atoms with Gasteiger partial charge in [-0.3, -0.25) is 4.79 Å². The van der Waals surface area contributed by atoms with E-state index in [1.54, 1.807) is 6.07 Å². The average molecular weight is 382 g/mol. The van der Waals surface area contributed by atoms with E-state index in [0.717, 1.165) is 32.5 Å². The Morgan fingerprint density at radius 3 is 2.85 bits per heavy atom. The van der Waals surface area contributed by atoms with Crippen LogP contribution in [-0.2, 0) is 4.79 Å². The van der Waals surface area contributed by atoms with Crippen molar-refractivity contribution in [3.05, 3.63) is 29.6 Å². The molecule has 2 aliphatic rings. The molecular weight excluding hydrogens is 357 g/mol. The number of amides is 1. The molecule has 1 N–H and O–H groups in total. The third kappa shape index (κ3) is 4.46. The van der Waals surface area contributed by atoms with Gasteiger partial charge in [0.2, 0.25) is 5.91 Å². The minimum absolute atomic E-state index is 0. The van der Waals surface area contributed by atoms with Crippen molar-refractivity contribution >= 4 is 18.3 Å². The highest BCUT2D eigenvalue weighted by molar-refractivity contribution is 5.85. The zero-order valence-corrected chi connectivity index (χ0v) is 15.8. The number of nitrogens with one attached hydrogen (secondary N) is 1. The summed E-state index contributed by atoms with van der Waals surface area (Å²) in [4.78, 5) is 14.2. The van der Waals surface area contributed by atoms with E-state index in [0.29, 0.717) is 31.2 Å².